The highest BCUT2D eigenvalue weighted by atomic mass is 32.1. The van der Waals surface area contributed by atoms with E-state index in [1.165, 1.54) is 11.3 Å². The number of aryl methyl sites for hydroxylation is 1. The van der Waals surface area contributed by atoms with Crippen LogP contribution in [0, 0.1) is 0 Å². The van der Waals surface area contributed by atoms with Crippen molar-refractivity contribution in [1.82, 2.24) is 5.32 Å². The van der Waals surface area contributed by atoms with Crippen LogP contribution in [-0.2, 0) is 22.5 Å². The van der Waals surface area contributed by atoms with Crippen LogP contribution < -0.4 is 15.5 Å². The van der Waals surface area contributed by atoms with Crippen molar-refractivity contribution in [3.63, 3.8) is 0 Å². The number of hydrogen-bond donors (Lipinski definition) is 3. The Bertz CT molecular complexity index is 861. The van der Waals surface area contributed by atoms with Crippen molar-refractivity contribution in [3.8, 4) is 0 Å². The first kappa shape index (κ1) is 22.6. The van der Waals surface area contributed by atoms with Gasteiger partial charge in [0, 0.05) is 23.1 Å². The number of anilines is 1. The molecule has 29 heavy (non-hydrogen) atoms. The van der Waals surface area contributed by atoms with Gasteiger partial charge in [0.2, 0.25) is 0 Å². The monoisotopic (exact) mass is 418 g/mol. The summed E-state index contributed by atoms with van der Waals surface area (Å²) in [6.07, 6.45) is 0.782. The lowest BCUT2D eigenvalue weighted by Crippen LogP contribution is -3.08. The molecule has 1 atom stereocenters. The van der Waals surface area contributed by atoms with E-state index in [2.05, 4.69) is 10.6 Å². The molecule has 0 radical (unpaired) electrons. The Morgan fingerprint density at radius 1 is 1.14 bits per heavy atom. The molecule has 0 spiro atoms. The lowest BCUT2D eigenvalue weighted by atomic mass is 10.1. The van der Waals surface area contributed by atoms with Crippen molar-refractivity contribution >= 4 is 34.1 Å². The van der Waals surface area contributed by atoms with Crippen LogP contribution in [0.2, 0.25) is 0 Å². The Balaban J connectivity index is 1.97. The summed E-state index contributed by atoms with van der Waals surface area (Å²) in [5, 5.41) is 5.98. The van der Waals surface area contributed by atoms with E-state index in [1.807, 2.05) is 26.1 Å². The van der Waals surface area contributed by atoms with Gasteiger partial charge in [-0.25, -0.2) is 4.79 Å². The molecule has 156 valence electrons. The van der Waals surface area contributed by atoms with Crippen LogP contribution in [0.1, 0.15) is 45.0 Å². The van der Waals surface area contributed by atoms with Gasteiger partial charge in [0.05, 0.1) is 19.2 Å². The van der Waals surface area contributed by atoms with E-state index >= 15 is 0 Å². The first-order valence-electron chi connectivity index (χ1n) is 9.59. The van der Waals surface area contributed by atoms with Gasteiger partial charge in [-0.15, -0.1) is 11.3 Å². The number of benzene rings is 1. The highest BCUT2D eigenvalue weighted by Crippen LogP contribution is 2.29. The van der Waals surface area contributed by atoms with Crippen LogP contribution >= 0.6 is 11.3 Å². The first-order valence-corrected chi connectivity index (χ1v) is 10.4. The van der Waals surface area contributed by atoms with E-state index < -0.39 is 5.97 Å². The molecule has 0 aliphatic carbocycles. The number of amides is 2. The maximum atomic E-state index is 12.5. The summed E-state index contributed by atoms with van der Waals surface area (Å²) in [7, 11) is 3.52. The number of thiophene rings is 1. The summed E-state index contributed by atoms with van der Waals surface area (Å²) in [4.78, 5) is 38.2. The van der Waals surface area contributed by atoms with Gasteiger partial charge in [-0.05, 0) is 31.5 Å². The molecular weight excluding hydrogens is 390 g/mol. The predicted molar refractivity (Wildman–Crippen MR) is 114 cm³/mol. The maximum absolute atomic E-state index is 12.5. The molecule has 2 rings (SSSR count). The maximum Gasteiger partial charge on any atom is 0.341 e. The van der Waals surface area contributed by atoms with Crippen molar-refractivity contribution in [2.75, 3.05) is 32.6 Å². The van der Waals surface area contributed by atoms with Crippen LogP contribution in [0.15, 0.2) is 30.3 Å². The molecule has 0 aliphatic rings. The van der Waals surface area contributed by atoms with E-state index in [0.717, 1.165) is 21.8 Å². The number of rotatable bonds is 9. The zero-order valence-corrected chi connectivity index (χ0v) is 18.1. The second-order valence-corrected chi connectivity index (χ2v) is 7.80. The van der Waals surface area contributed by atoms with E-state index in [1.54, 1.807) is 32.2 Å². The molecule has 3 N–H and O–H groups in total. The van der Waals surface area contributed by atoms with Gasteiger partial charge in [0.25, 0.3) is 11.8 Å². The second-order valence-electron chi connectivity index (χ2n) is 6.66. The Morgan fingerprint density at radius 3 is 2.41 bits per heavy atom. The van der Waals surface area contributed by atoms with Crippen LogP contribution in [0.25, 0.3) is 0 Å². The Kier molecular flexibility index (Phi) is 8.35. The first-order chi connectivity index (χ1) is 13.9. The van der Waals surface area contributed by atoms with Crippen molar-refractivity contribution in [1.29, 1.82) is 0 Å². The second kappa shape index (κ2) is 10.7. The van der Waals surface area contributed by atoms with E-state index in [0.29, 0.717) is 22.7 Å². The van der Waals surface area contributed by atoms with Crippen LogP contribution in [0.4, 0.5) is 5.00 Å². The molecule has 8 heteroatoms. The molecule has 7 nitrogen and oxygen atoms in total. The minimum atomic E-state index is -0.421. The minimum absolute atomic E-state index is 0.128. The summed E-state index contributed by atoms with van der Waals surface area (Å²) in [6.45, 7) is 4.92. The molecule has 1 heterocycles. The summed E-state index contributed by atoms with van der Waals surface area (Å²) >= 11 is 1.40. The minimum Gasteiger partial charge on any atom is -0.462 e. The number of nitrogens with one attached hydrogen (secondary N) is 3. The molecule has 0 saturated heterocycles. The number of ether oxygens (including phenoxy) is 1. The lowest BCUT2D eigenvalue weighted by molar-refractivity contribution is -0.885. The average Bonchev–Trinajstić information content (AvgIpc) is 3.10. The van der Waals surface area contributed by atoms with Gasteiger partial charge >= 0.3 is 5.97 Å². The molecule has 0 saturated carbocycles. The molecule has 1 aromatic carbocycles. The zero-order chi connectivity index (χ0) is 21.4. The fourth-order valence-corrected chi connectivity index (χ4v) is 3.84. The van der Waals surface area contributed by atoms with Gasteiger partial charge in [0.1, 0.15) is 11.5 Å². The third-order valence-electron chi connectivity index (χ3n) is 4.29. The normalized spacial score (nSPS) is 11.6. The van der Waals surface area contributed by atoms with Crippen LogP contribution in [-0.4, -0.2) is 45.0 Å². The van der Waals surface area contributed by atoms with Gasteiger partial charge in [-0.1, -0.05) is 19.1 Å². The van der Waals surface area contributed by atoms with E-state index in [4.69, 9.17) is 4.74 Å². The summed E-state index contributed by atoms with van der Waals surface area (Å²) in [5.74, 6) is -0.716. The molecule has 2 amide bonds. The summed E-state index contributed by atoms with van der Waals surface area (Å²) in [6, 6.07) is 9.09. The number of carbonyl (C=O) groups excluding carboxylic acids is 3. The van der Waals surface area contributed by atoms with E-state index in [-0.39, 0.29) is 25.0 Å². The van der Waals surface area contributed by atoms with Crippen molar-refractivity contribution in [2.24, 2.45) is 0 Å². The fraction of sp³-hybridized carbons (Fsp3) is 0.381. The standard InChI is InChI=1S/C21H27N3O4S/c1-5-16-11-17(21(27)28-6-2)20(29-16)23-18(25)13-24(4)12-14-7-9-15(10-8-14)19(26)22-3/h7-11H,5-6,12-13H2,1-4H3,(H,22,26)(H,23,25)/p+1. The Labute approximate surface area is 175 Å². The Morgan fingerprint density at radius 2 is 1.83 bits per heavy atom. The highest BCUT2D eigenvalue weighted by molar-refractivity contribution is 7.16. The quantitative estimate of drug-likeness (QED) is 0.539. The number of carbonyl (C=O) groups is 3. The zero-order valence-electron chi connectivity index (χ0n) is 17.3. The molecule has 0 fully saturated rings. The van der Waals surface area contributed by atoms with Crippen molar-refractivity contribution in [3.05, 3.63) is 51.9 Å². The molecule has 0 bridgehead atoms. The molecule has 1 unspecified atom stereocenters. The summed E-state index contributed by atoms with van der Waals surface area (Å²) < 4.78 is 5.09. The number of esters is 1. The molecule has 1 aromatic heterocycles. The third-order valence-corrected chi connectivity index (χ3v) is 5.49. The largest absolute Gasteiger partial charge is 0.462 e. The van der Waals surface area contributed by atoms with Crippen molar-refractivity contribution in [2.45, 2.75) is 26.8 Å². The summed E-state index contributed by atoms with van der Waals surface area (Å²) in [5.41, 5.74) is 2.03. The predicted octanol–water partition coefficient (Wildman–Crippen LogP) is 1.50. The van der Waals surface area contributed by atoms with Gasteiger partial charge in [-0.2, -0.15) is 0 Å². The molecule has 2 aromatic rings. The van der Waals surface area contributed by atoms with Crippen LogP contribution in [0.5, 0.6) is 0 Å². The SMILES string of the molecule is CCOC(=O)c1cc(CC)sc1NC(=O)C[NH+](C)Cc1ccc(C(=O)NC)cc1. The Hall–Kier alpha value is -2.71. The third kappa shape index (κ3) is 6.40. The van der Waals surface area contributed by atoms with E-state index in [9.17, 15) is 14.4 Å². The van der Waals surface area contributed by atoms with Gasteiger partial charge in [0.15, 0.2) is 6.54 Å². The number of likely N-dealkylation sites (N-methyl/N-ethyl adjacent to an activating group) is 1. The van der Waals surface area contributed by atoms with Gasteiger partial charge < -0.3 is 20.3 Å². The number of hydrogen-bond acceptors (Lipinski definition) is 5. The molecule has 0 aliphatic heterocycles. The average molecular weight is 419 g/mol. The lowest BCUT2D eigenvalue weighted by Gasteiger charge is -2.14. The smallest absolute Gasteiger partial charge is 0.341 e. The highest BCUT2D eigenvalue weighted by Gasteiger charge is 2.20. The number of quaternary nitrogens is 1. The van der Waals surface area contributed by atoms with Crippen LogP contribution in [0.3, 0.4) is 0 Å². The van der Waals surface area contributed by atoms with Crippen molar-refractivity contribution < 1.29 is 24.0 Å². The van der Waals surface area contributed by atoms with Gasteiger partial charge in [-0.3, -0.25) is 9.59 Å². The molecular formula is C21H28N3O4S+. The fourth-order valence-electron chi connectivity index (χ4n) is 2.84. The topological polar surface area (TPSA) is 88.9 Å².